The van der Waals surface area contributed by atoms with E-state index in [1.165, 1.54) is 31.2 Å². The maximum Gasteiger partial charge on any atom is 0.219 e. The zero-order valence-corrected chi connectivity index (χ0v) is 23.7. The van der Waals surface area contributed by atoms with E-state index >= 15 is 0 Å². The predicted octanol–water partition coefficient (Wildman–Crippen LogP) is 6.94. The van der Waals surface area contributed by atoms with Crippen LogP contribution in [0.3, 0.4) is 0 Å². The Labute approximate surface area is 226 Å². The third-order valence-corrected chi connectivity index (χ3v) is 6.24. The zero-order chi connectivity index (χ0) is 27.0. The Morgan fingerprint density at radius 3 is 1.59 bits per heavy atom. The molecule has 0 aliphatic carbocycles. The van der Waals surface area contributed by atoms with E-state index in [2.05, 4.69) is 43.5 Å². The topological polar surface area (TPSA) is 76.7 Å². The Balaban J connectivity index is 2.25. The zero-order valence-electron chi connectivity index (χ0n) is 23.7. The number of hydrogen-bond acceptors (Lipinski definition) is 4. The van der Waals surface area contributed by atoms with E-state index in [0.29, 0.717) is 26.1 Å². The number of amides is 2. The minimum Gasteiger partial charge on any atom is -0.493 e. The van der Waals surface area contributed by atoms with E-state index < -0.39 is 0 Å². The summed E-state index contributed by atoms with van der Waals surface area (Å²) in [6.07, 6.45) is 15.2. The molecule has 6 nitrogen and oxygen atoms in total. The van der Waals surface area contributed by atoms with Crippen LogP contribution in [0.2, 0.25) is 0 Å². The quantitative estimate of drug-likeness (QED) is 0.146. The Morgan fingerprint density at radius 1 is 0.676 bits per heavy atom. The third kappa shape index (κ3) is 18.6. The molecule has 6 heteroatoms. The normalized spacial score (nSPS) is 10.8. The van der Waals surface area contributed by atoms with Gasteiger partial charge in [0.2, 0.25) is 11.8 Å². The summed E-state index contributed by atoms with van der Waals surface area (Å²) >= 11 is 0. The molecule has 2 N–H and O–H groups in total. The Hall–Kier alpha value is -2.24. The van der Waals surface area contributed by atoms with Crippen LogP contribution >= 0.6 is 0 Å². The van der Waals surface area contributed by atoms with Crippen LogP contribution in [0.4, 0.5) is 0 Å². The molecule has 0 aliphatic heterocycles. The summed E-state index contributed by atoms with van der Waals surface area (Å²) in [7, 11) is 0. The highest BCUT2D eigenvalue weighted by Crippen LogP contribution is 2.24. The molecule has 37 heavy (non-hydrogen) atoms. The lowest BCUT2D eigenvalue weighted by atomic mass is 10.1. The molecule has 211 valence electrons. The molecule has 0 spiro atoms. The van der Waals surface area contributed by atoms with Gasteiger partial charge in [0.05, 0.1) is 13.2 Å². The van der Waals surface area contributed by atoms with Gasteiger partial charge >= 0.3 is 0 Å². The average Bonchev–Trinajstić information content (AvgIpc) is 2.88. The molecule has 1 aromatic rings. The van der Waals surface area contributed by atoms with E-state index in [1.807, 2.05) is 6.07 Å². The fourth-order valence-corrected chi connectivity index (χ4v) is 4.04. The van der Waals surface area contributed by atoms with Crippen LogP contribution in [0.5, 0.6) is 11.5 Å². The molecule has 0 atom stereocenters. The van der Waals surface area contributed by atoms with Crippen LogP contribution in [0.25, 0.3) is 0 Å². The first kappa shape index (κ1) is 32.8. The van der Waals surface area contributed by atoms with Crippen molar-refractivity contribution < 1.29 is 19.1 Å². The molecule has 0 aromatic heterocycles. The number of benzene rings is 1. The van der Waals surface area contributed by atoms with Gasteiger partial charge in [-0.25, -0.2) is 0 Å². The van der Waals surface area contributed by atoms with Gasteiger partial charge in [0.15, 0.2) is 0 Å². The highest BCUT2D eigenvalue weighted by molar-refractivity contribution is 5.76. The molecule has 0 saturated heterocycles. The van der Waals surface area contributed by atoms with Gasteiger partial charge in [-0.1, -0.05) is 46.5 Å². The van der Waals surface area contributed by atoms with Crippen molar-refractivity contribution in [1.82, 2.24) is 10.6 Å². The first-order valence-corrected chi connectivity index (χ1v) is 14.8. The molecular formula is C31H53N2O4. The van der Waals surface area contributed by atoms with Gasteiger partial charge in [0, 0.05) is 32.0 Å². The number of hydrogen-bond donors (Lipinski definition) is 2. The Morgan fingerprint density at radius 2 is 1.16 bits per heavy atom. The van der Waals surface area contributed by atoms with Crippen LogP contribution < -0.4 is 20.1 Å². The van der Waals surface area contributed by atoms with Crippen LogP contribution in [0.15, 0.2) is 18.2 Å². The van der Waals surface area contributed by atoms with Crippen molar-refractivity contribution in [3.05, 3.63) is 30.7 Å². The molecular weight excluding hydrogens is 464 g/mol. The van der Waals surface area contributed by atoms with Crippen molar-refractivity contribution in [3.63, 3.8) is 0 Å². The first-order chi connectivity index (χ1) is 18.1. The van der Waals surface area contributed by atoms with Gasteiger partial charge in [-0.2, -0.15) is 0 Å². The Bertz CT molecular complexity index is 669. The van der Waals surface area contributed by atoms with E-state index in [4.69, 9.17) is 9.47 Å². The summed E-state index contributed by atoms with van der Waals surface area (Å²) in [5, 5.41) is 5.99. The molecule has 1 radical (unpaired) electrons. The average molecular weight is 518 g/mol. The molecule has 0 unspecified atom stereocenters. The number of nitrogens with one attached hydrogen (secondary N) is 2. The van der Waals surface area contributed by atoms with Gasteiger partial charge in [0.1, 0.15) is 11.5 Å². The van der Waals surface area contributed by atoms with Crippen molar-refractivity contribution >= 4 is 11.8 Å². The number of ether oxygens (including phenoxy) is 2. The van der Waals surface area contributed by atoms with Gasteiger partial charge < -0.3 is 20.1 Å². The summed E-state index contributed by atoms with van der Waals surface area (Å²) in [6, 6.07) is 6.10. The van der Waals surface area contributed by atoms with E-state index in [9.17, 15) is 9.59 Å². The predicted molar refractivity (Wildman–Crippen MR) is 153 cm³/mol. The minimum atomic E-state index is 0.158. The molecule has 1 aromatic carbocycles. The maximum atomic E-state index is 11.9. The second kappa shape index (κ2) is 22.9. The van der Waals surface area contributed by atoms with E-state index in [1.54, 1.807) is 0 Å². The number of carbonyl (C=O) groups is 2. The number of aryl methyl sites for hydroxylation is 1. The summed E-state index contributed by atoms with van der Waals surface area (Å²) < 4.78 is 12.0. The van der Waals surface area contributed by atoms with Crippen LogP contribution in [-0.4, -0.2) is 38.1 Å². The summed E-state index contributed by atoms with van der Waals surface area (Å²) in [5.41, 5.74) is 1.17. The van der Waals surface area contributed by atoms with Gasteiger partial charge in [-0.3, -0.25) is 9.59 Å². The highest BCUT2D eigenvalue weighted by atomic mass is 16.5. The number of unbranched alkanes of at least 4 members (excludes halogenated alkanes) is 8. The maximum absolute atomic E-state index is 11.9. The third-order valence-electron chi connectivity index (χ3n) is 6.24. The lowest BCUT2D eigenvalue weighted by molar-refractivity contribution is -0.122. The van der Waals surface area contributed by atoms with E-state index in [0.717, 1.165) is 88.8 Å². The molecule has 0 heterocycles. The number of carbonyl (C=O) groups excluding carboxylic acids is 2. The standard InChI is InChI=1S/C31H53N2O4/c1-4-7-13-20-32-30(34)18-11-9-15-22-36-28-24-27(17-6-3)25-29(26-28)37-23-16-10-12-19-31(35)33-21-14-8-5-2/h24-26H,3-23H2,1-2H3,(H,32,34)(H,33,35). The lowest BCUT2D eigenvalue weighted by Gasteiger charge is -2.12. The fourth-order valence-electron chi connectivity index (χ4n) is 4.04. The molecule has 0 bridgehead atoms. The van der Waals surface area contributed by atoms with Crippen molar-refractivity contribution in [2.45, 2.75) is 117 Å². The lowest BCUT2D eigenvalue weighted by Crippen LogP contribution is -2.23. The smallest absolute Gasteiger partial charge is 0.219 e. The highest BCUT2D eigenvalue weighted by Gasteiger charge is 2.06. The van der Waals surface area contributed by atoms with Gasteiger partial charge in [-0.15, -0.1) is 0 Å². The van der Waals surface area contributed by atoms with Gasteiger partial charge in [-0.05, 0) is 81.9 Å². The van der Waals surface area contributed by atoms with Crippen molar-refractivity contribution in [2.24, 2.45) is 0 Å². The molecule has 0 aliphatic rings. The molecule has 0 saturated carbocycles. The van der Waals surface area contributed by atoms with Crippen molar-refractivity contribution in [2.75, 3.05) is 26.3 Å². The SMILES string of the molecule is [CH2]CCc1cc(OCCCCCC(=O)NCCCCC)cc(OCCCCCC(=O)NCCCCC)c1. The monoisotopic (exact) mass is 517 g/mol. The van der Waals surface area contributed by atoms with Crippen molar-refractivity contribution in [1.29, 1.82) is 0 Å². The second-order valence-corrected chi connectivity index (χ2v) is 9.85. The van der Waals surface area contributed by atoms with Crippen LogP contribution in [-0.2, 0) is 16.0 Å². The second-order valence-electron chi connectivity index (χ2n) is 9.85. The van der Waals surface area contributed by atoms with Gasteiger partial charge in [0.25, 0.3) is 0 Å². The summed E-state index contributed by atoms with van der Waals surface area (Å²) in [6.45, 7) is 11.1. The minimum absolute atomic E-state index is 0.158. The molecule has 2 amide bonds. The van der Waals surface area contributed by atoms with Crippen LogP contribution in [0.1, 0.15) is 116 Å². The van der Waals surface area contributed by atoms with Crippen LogP contribution in [0, 0.1) is 6.92 Å². The largest absolute Gasteiger partial charge is 0.493 e. The van der Waals surface area contributed by atoms with E-state index in [-0.39, 0.29) is 11.8 Å². The number of rotatable bonds is 24. The summed E-state index contributed by atoms with van der Waals surface area (Å²) in [4.78, 5) is 23.7. The molecule has 0 fully saturated rings. The fraction of sp³-hybridized carbons (Fsp3) is 0.710. The van der Waals surface area contributed by atoms with Crippen molar-refractivity contribution in [3.8, 4) is 11.5 Å². The molecule has 1 rings (SSSR count). The Kier molecular flexibility index (Phi) is 20.3. The summed E-state index contributed by atoms with van der Waals surface area (Å²) in [5.74, 6) is 1.97. The first-order valence-electron chi connectivity index (χ1n) is 14.8.